The molecule has 2 N–H and O–H groups in total. The van der Waals surface area contributed by atoms with Crippen LogP contribution in [0.25, 0.3) is 0 Å². The van der Waals surface area contributed by atoms with E-state index in [9.17, 15) is 19.4 Å². The zero-order chi connectivity index (χ0) is 42.8. The van der Waals surface area contributed by atoms with E-state index in [4.69, 9.17) is 9.05 Å². The number of aliphatic hydroxyl groups is 1. The van der Waals surface area contributed by atoms with Gasteiger partial charge in [-0.25, -0.2) is 0 Å². The van der Waals surface area contributed by atoms with Crippen molar-refractivity contribution in [3.05, 3.63) is 36.5 Å². The van der Waals surface area contributed by atoms with Gasteiger partial charge >= 0.3 is 0 Å². The number of carbonyl (C=O) groups is 1. The number of quaternary nitrogens is 1. The lowest BCUT2D eigenvalue weighted by Gasteiger charge is -2.29. The first-order chi connectivity index (χ1) is 28.0. The predicted octanol–water partition coefficient (Wildman–Crippen LogP) is 13.2. The van der Waals surface area contributed by atoms with Crippen molar-refractivity contribution in [3.63, 3.8) is 0 Å². The molecule has 58 heavy (non-hydrogen) atoms. The molecular formula is C49H95N2O6P. The maximum atomic E-state index is 12.9. The van der Waals surface area contributed by atoms with Crippen molar-refractivity contribution in [3.8, 4) is 0 Å². The highest BCUT2D eigenvalue weighted by Gasteiger charge is 2.23. The summed E-state index contributed by atoms with van der Waals surface area (Å²) in [6, 6.07) is -0.906. The lowest BCUT2D eigenvalue weighted by Crippen LogP contribution is -2.45. The third kappa shape index (κ3) is 42.8. The third-order valence-corrected chi connectivity index (χ3v) is 11.8. The molecule has 0 aliphatic rings. The monoisotopic (exact) mass is 839 g/mol. The van der Waals surface area contributed by atoms with E-state index in [0.29, 0.717) is 17.4 Å². The molecule has 0 aromatic heterocycles. The molecular weight excluding hydrogens is 744 g/mol. The van der Waals surface area contributed by atoms with Crippen LogP contribution in [0.3, 0.4) is 0 Å². The molecule has 0 spiro atoms. The second-order valence-electron chi connectivity index (χ2n) is 17.8. The number of phosphoric ester groups is 1. The van der Waals surface area contributed by atoms with Gasteiger partial charge in [0.05, 0.1) is 39.9 Å². The van der Waals surface area contributed by atoms with Crippen molar-refractivity contribution >= 4 is 13.7 Å². The number of hydrogen-bond donors (Lipinski definition) is 2. The average Bonchev–Trinajstić information content (AvgIpc) is 3.17. The van der Waals surface area contributed by atoms with Crippen molar-refractivity contribution in [1.82, 2.24) is 5.32 Å². The van der Waals surface area contributed by atoms with Crippen LogP contribution in [0.2, 0.25) is 0 Å². The normalized spacial score (nSPS) is 14.5. The summed E-state index contributed by atoms with van der Waals surface area (Å²) in [5.74, 6) is -0.216. The Morgan fingerprint density at radius 3 is 1.40 bits per heavy atom. The molecule has 0 aromatic carbocycles. The first kappa shape index (κ1) is 56.7. The molecule has 0 bridgehead atoms. The van der Waals surface area contributed by atoms with Crippen LogP contribution >= 0.6 is 7.82 Å². The van der Waals surface area contributed by atoms with Crippen molar-refractivity contribution in [2.24, 2.45) is 0 Å². The summed E-state index contributed by atoms with van der Waals surface area (Å²) >= 11 is 0. The summed E-state index contributed by atoms with van der Waals surface area (Å²) in [6.45, 7) is 4.62. The summed E-state index contributed by atoms with van der Waals surface area (Å²) in [5, 5.41) is 13.8. The van der Waals surface area contributed by atoms with Crippen LogP contribution in [0.1, 0.15) is 219 Å². The molecule has 0 saturated heterocycles. The number of hydrogen-bond acceptors (Lipinski definition) is 6. The highest BCUT2D eigenvalue weighted by molar-refractivity contribution is 7.45. The molecule has 0 heterocycles. The topological polar surface area (TPSA) is 108 Å². The van der Waals surface area contributed by atoms with Gasteiger partial charge in [-0.3, -0.25) is 9.36 Å². The second-order valence-corrected chi connectivity index (χ2v) is 19.2. The Hall–Kier alpha value is -1.28. The van der Waals surface area contributed by atoms with Gasteiger partial charge in [0.2, 0.25) is 5.91 Å². The Labute approximate surface area is 359 Å². The molecule has 0 fully saturated rings. The van der Waals surface area contributed by atoms with Gasteiger partial charge in [-0.1, -0.05) is 192 Å². The zero-order valence-corrected chi connectivity index (χ0v) is 39.6. The molecule has 0 radical (unpaired) electrons. The Balaban J connectivity index is 4.38. The van der Waals surface area contributed by atoms with Gasteiger partial charge in [0.25, 0.3) is 7.82 Å². The van der Waals surface area contributed by atoms with Crippen LogP contribution in [0.4, 0.5) is 0 Å². The first-order valence-corrected chi connectivity index (χ1v) is 25.8. The van der Waals surface area contributed by atoms with E-state index in [1.807, 2.05) is 27.2 Å². The Kier molecular flexibility index (Phi) is 40.2. The molecule has 3 atom stereocenters. The van der Waals surface area contributed by atoms with E-state index in [0.717, 1.165) is 57.8 Å². The first-order valence-electron chi connectivity index (χ1n) is 24.4. The minimum Gasteiger partial charge on any atom is -0.756 e. The number of nitrogens with one attached hydrogen (secondary N) is 1. The Bertz CT molecular complexity index is 1040. The number of unbranched alkanes of at least 4 members (excludes halogenated alkanes) is 27. The average molecular weight is 839 g/mol. The number of likely N-dealkylation sites (N-methyl/N-ethyl adjacent to an activating group) is 1. The minimum absolute atomic E-state index is 0.00777. The smallest absolute Gasteiger partial charge is 0.268 e. The molecule has 3 unspecified atom stereocenters. The van der Waals surface area contributed by atoms with Crippen LogP contribution in [0.15, 0.2) is 36.5 Å². The highest BCUT2D eigenvalue weighted by Crippen LogP contribution is 2.38. The minimum atomic E-state index is -4.60. The van der Waals surface area contributed by atoms with Crippen molar-refractivity contribution < 1.29 is 32.9 Å². The fourth-order valence-corrected chi connectivity index (χ4v) is 7.65. The van der Waals surface area contributed by atoms with E-state index in [-0.39, 0.29) is 12.5 Å². The molecule has 8 nitrogen and oxygen atoms in total. The fourth-order valence-electron chi connectivity index (χ4n) is 6.93. The SMILES string of the molecule is CCCCCCC/C=C\CCCCCCCC(=O)NC(COP(=O)([O-])OCC[N+](C)(C)C)C(O)/C=C/CC/C=C/CCCCCCCCCCCCCCCCCC. The van der Waals surface area contributed by atoms with Crippen LogP contribution in [0.5, 0.6) is 0 Å². The molecule has 0 rings (SSSR count). The number of nitrogens with zero attached hydrogens (tertiary/aromatic N) is 1. The van der Waals surface area contributed by atoms with Gasteiger partial charge in [0, 0.05) is 6.42 Å². The van der Waals surface area contributed by atoms with Crippen LogP contribution in [-0.2, 0) is 18.4 Å². The van der Waals surface area contributed by atoms with Crippen LogP contribution in [0, 0.1) is 0 Å². The maximum absolute atomic E-state index is 12.9. The number of phosphoric acid groups is 1. The van der Waals surface area contributed by atoms with Gasteiger partial charge in [-0.15, -0.1) is 0 Å². The van der Waals surface area contributed by atoms with E-state index >= 15 is 0 Å². The van der Waals surface area contributed by atoms with Gasteiger partial charge in [-0.2, -0.15) is 0 Å². The van der Waals surface area contributed by atoms with E-state index < -0.39 is 26.6 Å². The van der Waals surface area contributed by atoms with Gasteiger partial charge < -0.3 is 28.8 Å². The number of rotatable bonds is 44. The van der Waals surface area contributed by atoms with Gasteiger partial charge in [0.1, 0.15) is 13.2 Å². The number of aliphatic hydroxyl groups excluding tert-OH is 1. The van der Waals surface area contributed by atoms with Gasteiger partial charge in [-0.05, 0) is 57.8 Å². The van der Waals surface area contributed by atoms with Crippen LogP contribution in [-0.4, -0.2) is 68.5 Å². The molecule has 0 aliphatic carbocycles. The van der Waals surface area contributed by atoms with E-state index in [2.05, 4.69) is 43.5 Å². The zero-order valence-electron chi connectivity index (χ0n) is 38.8. The molecule has 0 aromatic rings. The second kappa shape index (κ2) is 41.1. The van der Waals surface area contributed by atoms with Gasteiger partial charge in [0.15, 0.2) is 0 Å². The lowest BCUT2D eigenvalue weighted by atomic mass is 10.0. The maximum Gasteiger partial charge on any atom is 0.268 e. The molecule has 9 heteroatoms. The number of amides is 1. The standard InChI is InChI=1S/C49H95N2O6P/c1-6-8-10-12-14-16-18-20-22-23-24-25-26-27-28-29-30-32-34-36-38-40-42-48(52)47(46-57-58(54,55)56-45-44-51(3,4)5)50-49(53)43-41-39-37-35-33-31-21-19-17-15-13-11-9-7-2/h19,21,32,34,40,42,47-48,52H,6-18,20,22-31,33,35-39,41,43-46H2,1-5H3,(H-,50,53,54,55)/b21-19-,34-32+,42-40+. The van der Waals surface area contributed by atoms with Crippen molar-refractivity contribution in [2.45, 2.75) is 231 Å². The largest absolute Gasteiger partial charge is 0.756 e. The molecule has 342 valence electrons. The summed E-state index contributed by atoms with van der Waals surface area (Å²) < 4.78 is 23.2. The van der Waals surface area contributed by atoms with E-state index in [1.54, 1.807) is 6.08 Å². The quantitative estimate of drug-likeness (QED) is 0.0274. The molecule has 1 amide bonds. The summed E-state index contributed by atoms with van der Waals surface area (Å²) in [5.41, 5.74) is 0. The Morgan fingerprint density at radius 1 is 0.586 bits per heavy atom. The third-order valence-electron chi connectivity index (χ3n) is 10.8. The Morgan fingerprint density at radius 2 is 0.966 bits per heavy atom. The summed E-state index contributed by atoms with van der Waals surface area (Å²) in [4.78, 5) is 25.3. The summed E-state index contributed by atoms with van der Waals surface area (Å²) in [7, 11) is 1.24. The number of allylic oxidation sites excluding steroid dienone is 5. The van der Waals surface area contributed by atoms with E-state index in [1.165, 1.54) is 141 Å². The fraction of sp³-hybridized carbons (Fsp3) is 0.857. The molecule has 0 saturated carbocycles. The predicted molar refractivity (Wildman–Crippen MR) is 247 cm³/mol. The lowest BCUT2D eigenvalue weighted by molar-refractivity contribution is -0.870. The molecule has 0 aliphatic heterocycles. The highest BCUT2D eigenvalue weighted by atomic mass is 31.2. The van der Waals surface area contributed by atoms with Crippen LogP contribution < -0.4 is 10.2 Å². The summed E-state index contributed by atoms with van der Waals surface area (Å²) in [6.07, 6.45) is 50.6. The van der Waals surface area contributed by atoms with Crippen molar-refractivity contribution in [1.29, 1.82) is 0 Å². The van der Waals surface area contributed by atoms with Crippen molar-refractivity contribution in [2.75, 3.05) is 40.9 Å². The number of carbonyl (C=O) groups excluding carboxylic acids is 1.